The fourth-order valence-corrected chi connectivity index (χ4v) is 3.46. The van der Waals surface area contributed by atoms with Gasteiger partial charge in [-0.1, -0.05) is 30.8 Å². The number of aromatic nitrogens is 4. The van der Waals surface area contributed by atoms with Gasteiger partial charge in [0.1, 0.15) is 5.69 Å². The molecule has 0 saturated heterocycles. The van der Waals surface area contributed by atoms with Crippen LogP contribution in [0.4, 0.5) is 0 Å². The maximum Gasteiger partial charge on any atom is 0.268 e. The predicted molar refractivity (Wildman–Crippen MR) is 112 cm³/mol. The number of rotatable bonds is 5. The van der Waals surface area contributed by atoms with Gasteiger partial charge in [0.15, 0.2) is 0 Å². The minimum absolute atomic E-state index is 0.355. The van der Waals surface area contributed by atoms with E-state index in [1.54, 1.807) is 23.7 Å². The smallest absolute Gasteiger partial charge is 0.268 e. The molecule has 0 unspecified atom stereocenters. The first-order valence-electron chi connectivity index (χ1n) is 8.71. The van der Waals surface area contributed by atoms with Gasteiger partial charge in [-0.05, 0) is 24.6 Å². The van der Waals surface area contributed by atoms with Crippen LogP contribution in [0.2, 0.25) is 0 Å². The largest absolute Gasteiger partial charge is 0.414 e. The Morgan fingerprint density at radius 1 is 0.964 bits per heavy atom. The minimum Gasteiger partial charge on any atom is -0.414 e. The molecule has 3 aromatic heterocycles. The fraction of sp³-hybridized carbons (Fsp3) is 0.143. The van der Waals surface area contributed by atoms with Gasteiger partial charge in [-0.2, -0.15) is 0 Å². The van der Waals surface area contributed by atoms with Gasteiger partial charge in [0, 0.05) is 30.2 Å². The quantitative estimate of drug-likeness (QED) is 0.490. The molecule has 0 aliphatic heterocycles. The van der Waals surface area contributed by atoms with Crippen LogP contribution in [0.3, 0.4) is 0 Å². The average Bonchev–Trinajstić information content (AvgIpc) is 3.37. The van der Waals surface area contributed by atoms with Gasteiger partial charge in [0.2, 0.25) is 0 Å². The van der Waals surface area contributed by atoms with E-state index < -0.39 is 0 Å². The zero-order chi connectivity index (χ0) is 19.7. The molecule has 0 aliphatic carbocycles. The summed E-state index contributed by atoms with van der Waals surface area (Å²) in [7, 11) is 3.95. The summed E-state index contributed by atoms with van der Waals surface area (Å²) in [4.78, 5) is 13.1. The second-order valence-corrected chi connectivity index (χ2v) is 7.82. The standard InChI is InChI=1S/C21H19N5OS/c1-13-5-10-19(28-13)21-25-24-20(27-21)18-12-22-11-17(23-18)16-8-6-15(7-9-16)14(2)26(3)4/h5-12H,2H2,1,3-4H3. The van der Waals surface area contributed by atoms with Crippen LogP contribution in [0, 0.1) is 6.92 Å². The molecule has 0 spiro atoms. The van der Waals surface area contributed by atoms with E-state index in [2.05, 4.69) is 26.7 Å². The molecule has 7 heteroatoms. The van der Waals surface area contributed by atoms with Gasteiger partial charge in [0.05, 0.1) is 23.0 Å². The zero-order valence-electron chi connectivity index (χ0n) is 15.9. The molecule has 0 fully saturated rings. The third kappa shape index (κ3) is 3.57. The van der Waals surface area contributed by atoms with E-state index in [0.717, 1.165) is 27.4 Å². The lowest BCUT2D eigenvalue weighted by atomic mass is 10.1. The highest BCUT2D eigenvalue weighted by molar-refractivity contribution is 7.15. The summed E-state index contributed by atoms with van der Waals surface area (Å²) in [6, 6.07) is 12.1. The number of hydrogen-bond acceptors (Lipinski definition) is 7. The molecule has 28 heavy (non-hydrogen) atoms. The topological polar surface area (TPSA) is 67.9 Å². The summed E-state index contributed by atoms with van der Waals surface area (Å²) in [6.45, 7) is 6.12. The van der Waals surface area contributed by atoms with Crippen molar-refractivity contribution in [2.75, 3.05) is 14.1 Å². The third-order valence-corrected chi connectivity index (χ3v) is 5.27. The maximum atomic E-state index is 5.81. The number of hydrogen-bond donors (Lipinski definition) is 0. The summed E-state index contributed by atoms with van der Waals surface area (Å²) < 4.78 is 5.81. The Kier molecular flexibility index (Phi) is 4.75. The summed E-state index contributed by atoms with van der Waals surface area (Å²) >= 11 is 1.61. The SMILES string of the molecule is C=C(c1ccc(-c2cncc(-c3nnc(-c4ccc(C)s4)o3)n2)cc1)N(C)C. The van der Waals surface area contributed by atoms with Crippen molar-refractivity contribution in [3.63, 3.8) is 0 Å². The monoisotopic (exact) mass is 389 g/mol. The fourth-order valence-electron chi connectivity index (χ4n) is 2.68. The van der Waals surface area contributed by atoms with Gasteiger partial charge in [-0.15, -0.1) is 21.5 Å². The molecule has 4 rings (SSSR count). The molecule has 1 aromatic carbocycles. The lowest BCUT2D eigenvalue weighted by molar-refractivity contribution is 0.583. The summed E-state index contributed by atoms with van der Waals surface area (Å²) in [5.41, 5.74) is 4.26. The highest BCUT2D eigenvalue weighted by atomic mass is 32.1. The van der Waals surface area contributed by atoms with Crippen LogP contribution in [-0.4, -0.2) is 39.2 Å². The number of nitrogens with zero attached hydrogens (tertiary/aromatic N) is 5. The van der Waals surface area contributed by atoms with E-state index in [9.17, 15) is 0 Å². The molecule has 3 heterocycles. The van der Waals surface area contributed by atoms with E-state index in [4.69, 9.17) is 4.42 Å². The molecule has 0 saturated carbocycles. The molecule has 0 atom stereocenters. The van der Waals surface area contributed by atoms with Crippen LogP contribution in [0.15, 0.2) is 59.8 Å². The Morgan fingerprint density at radius 2 is 1.68 bits per heavy atom. The highest BCUT2D eigenvalue weighted by Crippen LogP contribution is 2.29. The average molecular weight is 389 g/mol. The summed E-state index contributed by atoms with van der Waals surface area (Å²) in [5.74, 6) is 0.847. The number of aryl methyl sites for hydroxylation is 1. The van der Waals surface area contributed by atoms with Crippen LogP contribution in [0.1, 0.15) is 10.4 Å². The first-order chi connectivity index (χ1) is 13.5. The first kappa shape index (κ1) is 18.1. The summed E-state index contributed by atoms with van der Waals surface area (Å²) in [5, 5.41) is 8.27. The van der Waals surface area contributed by atoms with E-state index in [1.807, 2.05) is 62.3 Å². The Bertz CT molecular complexity index is 1130. The molecule has 6 nitrogen and oxygen atoms in total. The van der Waals surface area contributed by atoms with E-state index >= 15 is 0 Å². The molecule has 4 aromatic rings. The molecule has 0 N–H and O–H groups in total. The van der Waals surface area contributed by atoms with Crippen molar-refractivity contribution >= 4 is 17.0 Å². The lowest BCUT2D eigenvalue weighted by Gasteiger charge is -2.15. The Morgan fingerprint density at radius 3 is 2.36 bits per heavy atom. The van der Waals surface area contributed by atoms with Crippen molar-refractivity contribution in [1.82, 2.24) is 25.1 Å². The number of thiophene rings is 1. The van der Waals surface area contributed by atoms with E-state index in [0.29, 0.717) is 17.5 Å². The molecular weight excluding hydrogens is 370 g/mol. The molecule has 0 bridgehead atoms. The van der Waals surface area contributed by atoms with Crippen molar-refractivity contribution in [3.05, 3.63) is 65.8 Å². The Balaban J connectivity index is 1.62. The van der Waals surface area contributed by atoms with Crippen LogP contribution >= 0.6 is 11.3 Å². The van der Waals surface area contributed by atoms with Crippen molar-refractivity contribution in [1.29, 1.82) is 0 Å². The normalized spacial score (nSPS) is 10.8. The van der Waals surface area contributed by atoms with E-state index in [-0.39, 0.29) is 0 Å². The lowest BCUT2D eigenvalue weighted by Crippen LogP contribution is -2.08. The van der Waals surface area contributed by atoms with Gasteiger partial charge < -0.3 is 9.32 Å². The van der Waals surface area contributed by atoms with Crippen molar-refractivity contribution in [2.24, 2.45) is 0 Å². The Hall–Kier alpha value is -3.32. The second kappa shape index (κ2) is 7.36. The molecule has 0 aliphatic rings. The van der Waals surface area contributed by atoms with Crippen LogP contribution in [-0.2, 0) is 0 Å². The van der Waals surface area contributed by atoms with Crippen LogP contribution in [0.25, 0.3) is 39.3 Å². The first-order valence-corrected chi connectivity index (χ1v) is 9.52. The van der Waals surface area contributed by atoms with Crippen molar-refractivity contribution in [2.45, 2.75) is 6.92 Å². The van der Waals surface area contributed by atoms with E-state index in [1.165, 1.54) is 4.88 Å². The molecule has 0 radical (unpaired) electrons. The molecular formula is C21H19N5OS. The highest BCUT2D eigenvalue weighted by Gasteiger charge is 2.14. The number of benzene rings is 1. The van der Waals surface area contributed by atoms with Crippen molar-refractivity contribution in [3.8, 4) is 33.6 Å². The molecule has 0 amide bonds. The predicted octanol–water partition coefficient (Wildman–Crippen LogP) is 4.76. The van der Waals surface area contributed by atoms with Gasteiger partial charge >= 0.3 is 0 Å². The third-order valence-electron chi connectivity index (χ3n) is 4.28. The minimum atomic E-state index is 0.355. The maximum absolute atomic E-state index is 5.81. The van der Waals surface area contributed by atoms with Gasteiger partial charge in [-0.3, -0.25) is 4.98 Å². The second-order valence-electron chi connectivity index (χ2n) is 6.53. The van der Waals surface area contributed by atoms with Crippen molar-refractivity contribution < 1.29 is 4.42 Å². The van der Waals surface area contributed by atoms with Crippen LogP contribution in [0.5, 0.6) is 0 Å². The summed E-state index contributed by atoms with van der Waals surface area (Å²) in [6.07, 6.45) is 3.35. The van der Waals surface area contributed by atoms with Crippen LogP contribution < -0.4 is 0 Å². The molecule has 140 valence electrons. The van der Waals surface area contributed by atoms with Gasteiger partial charge in [0.25, 0.3) is 11.8 Å². The Labute approximate surface area is 167 Å². The zero-order valence-corrected chi connectivity index (χ0v) is 16.7. The van der Waals surface area contributed by atoms with Gasteiger partial charge in [-0.25, -0.2) is 4.98 Å².